The second-order valence-corrected chi connectivity index (χ2v) is 11.5. The van der Waals surface area contributed by atoms with Crippen LogP contribution in [-0.4, -0.2) is 28.2 Å². The van der Waals surface area contributed by atoms with Crippen molar-refractivity contribution >= 4 is 22.6 Å². The van der Waals surface area contributed by atoms with Crippen LogP contribution in [0.15, 0.2) is 30.3 Å². The lowest BCUT2D eigenvalue weighted by molar-refractivity contribution is -0.927. The molecule has 1 aromatic rings. The van der Waals surface area contributed by atoms with Gasteiger partial charge in [0, 0.05) is 6.42 Å². The summed E-state index contributed by atoms with van der Waals surface area (Å²) in [5.74, 6) is 3.09. The number of halogens is 2. The molecule has 1 aromatic carbocycles. The van der Waals surface area contributed by atoms with E-state index in [0.29, 0.717) is 4.05 Å². The maximum Gasteiger partial charge on any atom is 0.144 e. The molecule has 34 heavy (non-hydrogen) atoms. The molecule has 1 nitrogen and oxygen atoms in total. The van der Waals surface area contributed by atoms with Gasteiger partial charge in [-0.2, -0.15) is 0 Å². The number of rotatable bonds is 22. The van der Waals surface area contributed by atoms with Gasteiger partial charge in [0.05, 0.1) is 13.1 Å². The zero-order valence-corrected chi connectivity index (χ0v) is 25.3. The van der Waals surface area contributed by atoms with Crippen LogP contribution in [0.5, 0.6) is 0 Å². The van der Waals surface area contributed by atoms with Gasteiger partial charge in [0.2, 0.25) is 0 Å². The van der Waals surface area contributed by atoms with Crippen LogP contribution in [0, 0.1) is 12.3 Å². The second-order valence-electron chi connectivity index (χ2n) is 10.1. The Morgan fingerprint density at radius 2 is 1.12 bits per heavy atom. The second kappa shape index (κ2) is 23.2. The Kier molecular flexibility index (Phi) is 23.0. The van der Waals surface area contributed by atoms with E-state index >= 15 is 0 Å². The minimum atomic E-state index is 0. The van der Waals surface area contributed by atoms with E-state index < -0.39 is 0 Å². The third kappa shape index (κ3) is 15.7. The molecule has 0 heterocycles. The molecule has 0 aliphatic heterocycles. The Hall–Kier alpha value is -0.240. The smallest absolute Gasteiger partial charge is 0.144 e. The van der Waals surface area contributed by atoms with Crippen LogP contribution in [0.1, 0.15) is 122 Å². The molecule has 0 saturated carbocycles. The molecule has 0 radical (unpaired) electrons. The predicted molar refractivity (Wildman–Crippen MR) is 157 cm³/mol. The zero-order chi connectivity index (χ0) is 24.0. The fourth-order valence-corrected chi connectivity index (χ4v) is 6.22. The zero-order valence-electron chi connectivity index (χ0n) is 22.4. The molecule has 0 N–H and O–H groups in total. The van der Waals surface area contributed by atoms with E-state index in [0.717, 1.165) is 17.4 Å². The Morgan fingerprint density at radius 1 is 0.706 bits per heavy atom. The molecule has 1 rings (SSSR count). The third-order valence-corrected chi connectivity index (χ3v) is 8.78. The minimum Gasteiger partial charge on any atom is -1.00 e. The Bertz CT molecular complexity index is 577. The normalized spacial score (nSPS) is 12.2. The van der Waals surface area contributed by atoms with Gasteiger partial charge >= 0.3 is 0 Å². The molecule has 0 spiro atoms. The van der Waals surface area contributed by atoms with Gasteiger partial charge in [0.1, 0.15) is 10.6 Å². The third-order valence-electron chi connectivity index (χ3n) is 7.16. The number of unbranched alkanes of at least 4 members (excludes halogenated alkanes) is 14. The van der Waals surface area contributed by atoms with E-state index in [2.05, 4.69) is 72.7 Å². The maximum absolute atomic E-state index is 5.97. The van der Waals surface area contributed by atoms with Gasteiger partial charge in [-0.15, -0.1) is 6.42 Å². The predicted octanol–water partition coefficient (Wildman–Crippen LogP) is 6.73. The number of terminal acetylenes is 1. The molecule has 1 unspecified atom stereocenters. The summed E-state index contributed by atoms with van der Waals surface area (Å²) in [7, 11) is 0. The van der Waals surface area contributed by atoms with Crippen molar-refractivity contribution in [2.24, 2.45) is 0 Å². The van der Waals surface area contributed by atoms with Crippen LogP contribution in [0.2, 0.25) is 0 Å². The first kappa shape index (κ1) is 33.8. The molecular weight excluding hydrogens is 549 g/mol. The van der Waals surface area contributed by atoms with Gasteiger partial charge in [0.25, 0.3) is 0 Å². The summed E-state index contributed by atoms with van der Waals surface area (Å²) in [6.07, 6.45) is 29.2. The van der Waals surface area contributed by atoms with Crippen molar-refractivity contribution in [3.63, 3.8) is 0 Å². The molecule has 0 fully saturated rings. The molecule has 0 aliphatic carbocycles. The van der Waals surface area contributed by atoms with Gasteiger partial charge in [-0.3, -0.25) is 0 Å². The first-order valence-corrected chi connectivity index (χ1v) is 15.4. The van der Waals surface area contributed by atoms with Crippen molar-refractivity contribution in [1.29, 1.82) is 0 Å². The quantitative estimate of drug-likeness (QED) is 0.0345. The standard InChI is InChI=1S/C31H53IN.ClH/c1-4-7-9-11-13-15-17-22-27-33(26-6-3,28-23-18-16-14-12-10-8-5-2)31(32)29-30-24-20-19-21-25-30;/h3,19-21,24-25,31H,4-5,7-18,22-23,26-29H2,1-2H3;1H/q+1;/p-1. The number of hydrogen-bond donors (Lipinski definition) is 0. The lowest BCUT2D eigenvalue weighted by Gasteiger charge is -2.42. The molecular formula is C31H53ClIN. The van der Waals surface area contributed by atoms with Crippen molar-refractivity contribution in [2.45, 2.75) is 127 Å². The maximum atomic E-state index is 5.97. The van der Waals surface area contributed by atoms with E-state index in [4.69, 9.17) is 6.42 Å². The summed E-state index contributed by atoms with van der Waals surface area (Å²) < 4.78 is 1.66. The fourth-order valence-electron chi connectivity index (χ4n) is 4.95. The summed E-state index contributed by atoms with van der Waals surface area (Å²) >= 11 is 2.73. The van der Waals surface area contributed by atoms with Crippen LogP contribution in [0.4, 0.5) is 0 Å². The number of nitrogens with zero attached hydrogens (tertiary/aromatic N) is 1. The van der Waals surface area contributed by atoms with Crippen LogP contribution in [-0.2, 0) is 6.42 Å². The molecule has 3 heteroatoms. The lowest BCUT2D eigenvalue weighted by atomic mass is 10.0. The van der Waals surface area contributed by atoms with Crippen molar-refractivity contribution < 1.29 is 16.9 Å². The highest BCUT2D eigenvalue weighted by Gasteiger charge is 2.33. The van der Waals surface area contributed by atoms with E-state index in [1.165, 1.54) is 121 Å². The number of quaternary nitrogens is 1. The average molecular weight is 602 g/mol. The van der Waals surface area contributed by atoms with E-state index in [9.17, 15) is 0 Å². The monoisotopic (exact) mass is 601 g/mol. The topological polar surface area (TPSA) is 0 Å². The van der Waals surface area contributed by atoms with Crippen molar-refractivity contribution in [2.75, 3.05) is 19.6 Å². The van der Waals surface area contributed by atoms with Crippen molar-refractivity contribution in [1.82, 2.24) is 0 Å². The van der Waals surface area contributed by atoms with Gasteiger partial charge in [-0.25, -0.2) is 0 Å². The molecule has 1 atom stereocenters. The molecule has 0 aliphatic rings. The summed E-state index contributed by atoms with van der Waals surface area (Å²) in [4.78, 5) is 0. The van der Waals surface area contributed by atoms with Crippen LogP contribution < -0.4 is 12.4 Å². The average Bonchev–Trinajstić information content (AvgIpc) is 2.83. The summed E-state index contributed by atoms with van der Waals surface area (Å²) in [6.45, 7) is 7.97. The highest BCUT2D eigenvalue weighted by atomic mass is 127. The van der Waals surface area contributed by atoms with Gasteiger partial charge in [0.15, 0.2) is 0 Å². The number of alkyl halides is 1. The molecule has 0 amide bonds. The molecule has 196 valence electrons. The molecule has 0 bridgehead atoms. The minimum absolute atomic E-state index is 0. The van der Waals surface area contributed by atoms with Gasteiger partial charge in [-0.1, -0.05) is 121 Å². The molecule has 0 saturated heterocycles. The fraction of sp³-hybridized carbons (Fsp3) is 0.742. The van der Waals surface area contributed by atoms with Crippen molar-refractivity contribution in [3.05, 3.63) is 35.9 Å². The summed E-state index contributed by atoms with van der Waals surface area (Å²) in [5.41, 5.74) is 1.45. The van der Waals surface area contributed by atoms with E-state index in [1.54, 1.807) is 0 Å². The Morgan fingerprint density at radius 3 is 1.53 bits per heavy atom. The highest BCUT2D eigenvalue weighted by molar-refractivity contribution is 14.1. The van der Waals surface area contributed by atoms with Crippen molar-refractivity contribution in [3.8, 4) is 12.3 Å². The van der Waals surface area contributed by atoms with Gasteiger partial charge < -0.3 is 16.9 Å². The summed E-state index contributed by atoms with van der Waals surface area (Å²) in [5, 5.41) is 0. The SMILES string of the molecule is C#CC[N+](CCCCCCCCCC)(CCCCCCCCCC)C(I)Cc1ccccc1.[Cl-]. The first-order chi connectivity index (χ1) is 16.2. The first-order valence-electron chi connectivity index (χ1n) is 14.2. The summed E-state index contributed by atoms with van der Waals surface area (Å²) in [6, 6.07) is 11.0. The lowest BCUT2D eigenvalue weighted by Crippen LogP contribution is -3.00. The van der Waals surface area contributed by atoms with E-state index in [-0.39, 0.29) is 12.4 Å². The van der Waals surface area contributed by atoms with E-state index in [1.807, 2.05) is 0 Å². The van der Waals surface area contributed by atoms with Crippen LogP contribution in [0.3, 0.4) is 0 Å². The molecule has 0 aromatic heterocycles. The highest BCUT2D eigenvalue weighted by Crippen LogP contribution is 2.27. The Balaban J connectivity index is 0.0000109. The van der Waals surface area contributed by atoms with Crippen LogP contribution >= 0.6 is 22.6 Å². The van der Waals surface area contributed by atoms with Crippen LogP contribution in [0.25, 0.3) is 0 Å². The number of benzene rings is 1. The van der Waals surface area contributed by atoms with Gasteiger partial charge in [-0.05, 0) is 59.8 Å². The largest absolute Gasteiger partial charge is 1.00 e. The Labute approximate surface area is 233 Å². The number of hydrogen-bond acceptors (Lipinski definition) is 0.